The minimum atomic E-state index is 0.487. The standard InChI is InChI=1S/C18H20/c1-2-12-18(13-14-18)17-11-7-6-10-16(17)15-8-4-3-5-9-15/h3-11H,2,12-14H2,1H3. The fourth-order valence-corrected chi connectivity index (χ4v) is 3.10. The van der Waals surface area contributed by atoms with Crippen molar-refractivity contribution in [2.45, 2.75) is 38.0 Å². The van der Waals surface area contributed by atoms with E-state index in [2.05, 4.69) is 61.5 Å². The van der Waals surface area contributed by atoms with Crippen molar-refractivity contribution < 1.29 is 0 Å². The summed E-state index contributed by atoms with van der Waals surface area (Å²) in [5.41, 5.74) is 4.85. The highest BCUT2D eigenvalue weighted by atomic mass is 14.5. The summed E-state index contributed by atoms with van der Waals surface area (Å²) in [6, 6.07) is 19.8. The van der Waals surface area contributed by atoms with Crippen LogP contribution in [0.25, 0.3) is 11.1 Å². The Morgan fingerprint density at radius 2 is 1.56 bits per heavy atom. The van der Waals surface area contributed by atoms with Gasteiger partial charge in [-0.1, -0.05) is 67.9 Å². The zero-order chi connectivity index (χ0) is 12.4. The molecule has 0 atom stereocenters. The Kier molecular flexibility index (Phi) is 2.95. The van der Waals surface area contributed by atoms with Gasteiger partial charge in [0.1, 0.15) is 0 Å². The van der Waals surface area contributed by atoms with Crippen molar-refractivity contribution in [1.82, 2.24) is 0 Å². The van der Waals surface area contributed by atoms with Crippen LogP contribution in [0.4, 0.5) is 0 Å². The van der Waals surface area contributed by atoms with Gasteiger partial charge >= 0.3 is 0 Å². The van der Waals surface area contributed by atoms with Crippen molar-refractivity contribution in [3.05, 3.63) is 60.2 Å². The summed E-state index contributed by atoms with van der Waals surface area (Å²) >= 11 is 0. The Balaban J connectivity index is 2.06. The normalized spacial score (nSPS) is 16.5. The minimum absolute atomic E-state index is 0.487. The average Bonchev–Trinajstić information content (AvgIpc) is 3.21. The van der Waals surface area contributed by atoms with Crippen molar-refractivity contribution >= 4 is 0 Å². The van der Waals surface area contributed by atoms with E-state index in [0.717, 1.165) is 0 Å². The van der Waals surface area contributed by atoms with Crippen molar-refractivity contribution in [3.63, 3.8) is 0 Å². The van der Waals surface area contributed by atoms with Crippen LogP contribution < -0.4 is 0 Å². The first kappa shape index (κ1) is 11.5. The van der Waals surface area contributed by atoms with Gasteiger partial charge < -0.3 is 0 Å². The second-order valence-electron chi connectivity index (χ2n) is 5.44. The molecule has 0 heterocycles. The van der Waals surface area contributed by atoms with Crippen molar-refractivity contribution in [1.29, 1.82) is 0 Å². The topological polar surface area (TPSA) is 0 Å². The molecule has 2 aromatic carbocycles. The van der Waals surface area contributed by atoms with Crippen LogP contribution in [0, 0.1) is 0 Å². The molecule has 3 rings (SSSR count). The summed E-state index contributed by atoms with van der Waals surface area (Å²) in [4.78, 5) is 0. The number of rotatable bonds is 4. The van der Waals surface area contributed by atoms with Crippen LogP contribution in [-0.4, -0.2) is 0 Å². The van der Waals surface area contributed by atoms with Gasteiger partial charge in [-0.2, -0.15) is 0 Å². The highest BCUT2D eigenvalue weighted by Crippen LogP contribution is 2.54. The first-order chi connectivity index (χ1) is 8.86. The maximum absolute atomic E-state index is 2.34. The Hall–Kier alpha value is -1.56. The van der Waals surface area contributed by atoms with Crippen LogP contribution in [-0.2, 0) is 5.41 Å². The molecular formula is C18H20. The molecule has 0 saturated heterocycles. The van der Waals surface area contributed by atoms with E-state index in [1.54, 1.807) is 5.56 Å². The van der Waals surface area contributed by atoms with Crippen molar-refractivity contribution in [3.8, 4) is 11.1 Å². The van der Waals surface area contributed by atoms with Gasteiger partial charge in [-0.05, 0) is 41.4 Å². The fourth-order valence-electron chi connectivity index (χ4n) is 3.10. The van der Waals surface area contributed by atoms with E-state index in [9.17, 15) is 0 Å². The zero-order valence-electron chi connectivity index (χ0n) is 11.0. The van der Waals surface area contributed by atoms with Gasteiger partial charge in [-0.15, -0.1) is 0 Å². The Labute approximate surface area is 110 Å². The van der Waals surface area contributed by atoms with Gasteiger partial charge in [0.2, 0.25) is 0 Å². The Morgan fingerprint density at radius 3 is 2.22 bits per heavy atom. The molecule has 0 N–H and O–H groups in total. The molecule has 0 spiro atoms. The molecular weight excluding hydrogens is 216 g/mol. The fraction of sp³-hybridized carbons (Fsp3) is 0.333. The van der Waals surface area contributed by atoms with E-state index in [-0.39, 0.29) is 0 Å². The molecule has 92 valence electrons. The molecule has 0 amide bonds. The van der Waals surface area contributed by atoms with E-state index in [0.29, 0.717) is 5.41 Å². The summed E-state index contributed by atoms with van der Waals surface area (Å²) in [5.74, 6) is 0. The molecule has 0 aliphatic heterocycles. The lowest BCUT2D eigenvalue weighted by Gasteiger charge is -2.19. The van der Waals surface area contributed by atoms with E-state index in [1.807, 2.05) is 0 Å². The molecule has 1 fully saturated rings. The SMILES string of the molecule is CCCC1(c2ccccc2-c2ccccc2)CC1. The van der Waals surface area contributed by atoms with Gasteiger partial charge in [0, 0.05) is 0 Å². The molecule has 0 radical (unpaired) electrons. The maximum atomic E-state index is 2.34. The summed E-state index contributed by atoms with van der Waals surface area (Å²) in [7, 11) is 0. The third-order valence-electron chi connectivity index (χ3n) is 4.17. The smallest absolute Gasteiger partial charge is 0.00403 e. The predicted molar refractivity (Wildman–Crippen MR) is 77.7 cm³/mol. The van der Waals surface area contributed by atoms with Gasteiger partial charge in [0.05, 0.1) is 0 Å². The third-order valence-corrected chi connectivity index (χ3v) is 4.17. The molecule has 1 saturated carbocycles. The van der Waals surface area contributed by atoms with E-state index < -0.39 is 0 Å². The second-order valence-corrected chi connectivity index (χ2v) is 5.44. The number of hydrogen-bond donors (Lipinski definition) is 0. The van der Waals surface area contributed by atoms with E-state index >= 15 is 0 Å². The molecule has 1 aliphatic carbocycles. The highest BCUT2D eigenvalue weighted by molar-refractivity contribution is 5.69. The molecule has 18 heavy (non-hydrogen) atoms. The lowest BCUT2D eigenvalue weighted by atomic mass is 9.85. The van der Waals surface area contributed by atoms with Crippen LogP contribution in [0.3, 0.4) is 0 Å². The summed E-state index contributed by atoms with van der Waals surface area (Å²) in [5, 5.41) is 0. The van der Waals surface area contributed by atoms with Crippen LogP contribution in [0.1, 0.15) is 38.2 Å². The molecule has 0 nitrogen and oxygen atoms in total. The molecule has 0 bridgehead atoms. The Morgan fingerprint density at radius 1 is 0.889 bits per heavy atom. The van der Waals surface area contributed by atoms with Crippen LogP contribution in [0.5, 0.6) is 0 Å². The lowest BCUT2D eigenvalue weighted by molar-refractivity contribution is 0.608. The molecule has 0 heteroatoms. The predicted octanol–water partition coefficient (Wildman–Crippen LogP) is 5.19. The van der Waals surface area contributed by atoms with Crippen LogP contribution >= 0.6 is 0 Å². The second kappa shape index (κ2) is 4.61. The molecule has 2 aromatic rings. The largest absolute Gasteiger partial charge is 0.0654 e. The summed E-state index contributed by atoms with van der Waals surface area (Å²) < 4.78 is 0. The van der Waals surface area contributed by atoms with E-state index in [1.165, 1.54) is 36.8 Å². The summed E-state index contributed by atoms with van der Waals surface area (Å²) in [6.07, 6.45) is 5.34. The Bertz CT molecular complexity index is 521. The maximum Gasteiger partial charge on any atom is -0.00403 e. The van der Waals surface area contributed by atoms with Gasteiger partial charge in [0.15, 0.2) is 0 Å². The lowest BCUT2D eigenvalue weighted by Crippen LogP contribution is -2.07. The molecule has 0 unspecified atom stereocenters. The third kappa shape index (κ3) is 1.96. The minimum Gasteiger partial charge on any atom is -0.0654 e. The number of benzene rings is 2. The van der Waals surface area contributed by atoms with Gasteiger partial charge in [0.25, 0.3) is 0 Å². The van der Waals surface area contributed by atoms with Crippen molar-refractivity contribution in [2.75, 3.05) is 0 Å². The van der Waals surface area contributed by atoms with Crippen LogP contribution in [0.2, 0.25) is 0 Å². The zero-order valence-corrected chi connectivity index (χ0v) is 11.0. The first-order valence-corrected chi connectivity index (χ1v) is 7.01. The monoisotopic (exact) mass is 236 g/mol. The van der Waals surface area contributed by atoms with E-state index in [4.69, 9.17) is 0 Å². The quantitative estimate of drug-likeness (QED) is 0.685. The van der Waals surface area contributed by atoms with Gasteiger partial charge in [-0.3, -0.25) is 0 Å². The first-order valence-electron chi connectivity index (χ1n) is 7.01. The molecule has 1 aliphatic rings. The van der Waals surface area contributed by atoms with Crippen molar-refractivity contribution in [2.24, 2.45) is 0 Å². The number of hydrogen-bond acceptors (Lipinski definition) is 0. The van der Waals surface area contributed by atoms with Crippen LogP contribution in [0.15, 0.2) is 54.6 Å². The highest BCUT2D eigenvalue weighted by Gasteiger charge is 2.44. The molecule has 0 aromatic heterocycles. The van der Waals surface area contributed by atoms with Gasteiger partial charge in [-0.25, -0.2) is 0 Å². The summed E-state index contributed by atoms with van der Waals surface area (Å²) in [6.45, 7) is 2.30. The average molecular weight is 236 g/mol.